The molecule has 0 saturated heterocycles. The molecule has 5 heteroatoms. The molecule has 0 aromatic heterocycles. The molecule has 0 fully saturated rings. The summed E-state index contributed by atoms with van der Waals surface area (Å²) in [6, 6.07) is 5.52. The molecule has 1 rings (SSSR count). The lowest BCUT2D eigenvalue weighted by molar-refractivity contribution is -0.119. The van der Waals surface area contributed by atoms with Crippen LogP contribution in [0, 0.1) is 0 Å². The number of rotatable bonds is 5. The van der Waals surface area contributed by atoms with Gasteiger partial charge in [-0.2, -0.15) is 0 Å². The summed E-state index contributed by atoms with van der Waals surface area (Å²) in [4.78, 5) is 11.3. The van der Waals surface area contributed by atoms with Gasteiger partial charge in [0.1, 0.15) is 0 Å². The molecule has 1 aromatic rings. The molecule has 1 aromatic carbocycles. The molecule has 0 saturated carbocycles. The molecular formula is C12H16BrNO3. The number of hydrogen-bond donors (Lipinski definition) is 1. The van der Waals surface area contributed by atoms with Gasteiger partial charge >= 0.3 is 0 Å². The Morgan fingerprint density at radius 3 is 2.53 bits per heavy atom. The van der Waals surface area contributed by atoms with E-state index in [0.717, 1.165) is 5.56 Å². The van der Waals surface area contributed by atoms with Crippen molar-refractivity contribution in [3.8, 4) is 11.5 Å². The molecule has 4 nitrogen and oxygen atoms in total. The Balaban J connectivity index is 2.87. The zero-order valence-corrected chi connectivity index (χ0v) is 11.7. The number of halogens is 1. The topological polar surface area (TPSA) is 47.6 Å². The second-order valence-corrected chi connectivity index (χ2v) is 4.10. The zero-order chi connectivity index (χ0) is 12.8. The Bertz CT molecular complexity index is 395. The van der Waals surface area contributed by atoms with Gasteiger partial charge in [0.2, 0.25) is 5.91 Å². The Kier molecular flexibility index (Phi) is 5.28. The fraction of sp³-hybridized carbons (Fsp3) is 0.417. The molecule has 94 valence electrons. The number of methoxy groups -OCH3 is 2. The van der Waals surface area contributed by atoms with E-state index in [0.29, 0.717) is 16.8 Å². The van der Waals surface area contributed by atoms with Gasteiger partial charge in [0.25, 0.3) is 0 Å². The summed E-state index contributed by atoms with van der Waals surface area (Å²) in [5.41, 5.74) is 0.969. The molecule has 0 aliphatic heterocycles. The van der Waals surface area contributed by atoms with Crippen molar-refractivity contribution < 1.29 is 14.3 Å². The van der Waals surface area contributed by atoms with E-state index in [2.05, 4.69) is 21.2 Å². The standard InChI is InChI=1S/C12H16BrNO3/c1-8(14-12(15)7-13)9-4-5-10(16-2)11(6-9)17-3/h4-6,8H,7H2,1-3H3,(H,14,15). The van der Waals surface area contributed by atoms with E-state index in [4.69, 9.17) is 9.47 Å². The van der Waals surface area contributed by atoms with Crippen LogP contribution >= 0.6 is 15.9 Å². The predicted molar refractivity (Wildman–Crippen MR) is 69.9 cm³/mol. The molecule has 1 unspecified atom stereocenters. The number of nitrogens with one attached hydrogen (secondary N) is 1. The van der Waals surface area contributed by atoms with Crippen molar-refractivity contribution in [3.05, 3.63) is 23.8 Å². The summed E-state index contributed by atoms with van der Waals surface area (Å²) in [6.07, 6.45) is 0. The summed E-state index contributed by atoms with van der Waals surface area (Å²) >= 11 is 3.11. The average molecular weight is 302 g/mol. The molecule has 0 spiro atoms. The normalized spacial score (nSPS) is 11.8. The van der Waals surface area contributed by atoms with Gasteiger partial charge in [0.15, 0.2) is 11.5 Å². The third-order valence-corrected chi connectivity index (χ3v) is 2.92. The van der Waals surface area contributed by atoms with Crippen LogP contribution in [-0.2, 0) is 4.79 Å². The first-order valence-electron chi connectivity index (χ1n) is 5.19. The molecule has 17 heavy (non-hydrogen) atoms. The highest BCUT2D eigenvalue weighted by atomic mass is 79.9. The van der Waals surface area contributed by atoms with Crippen LogP contribution in [0.3, 0.4) is 0 Å². The lowest BCUT2D eigenvalue weighted by Crippen LogP contribution is -2.27. The molecule has 1 atom stereocenters. The smallest absolute Gasteiger partial charge is 0.231 e. The van der Waals surface area contributed by atoms with Crippen LogP contribution in [0.5, 0.6) is 11.5 Å². The fourth-order valence-corrected chi connectivity index (χ4v) is 1.65. The van der Waals surface area contributed by atoms with Crippen molar-refractivity contribution in [1.29, 1.82) is 0 Å². The first-order valence-corrected chi connectivity index (χ1v) is 6.31. The number of carbonyl (C=O) groups is 1. The van der Waals surface area contributed by atoms with Gasteiger partial charge in [-0.15, -0.1) is 0 Å². The van der Waals surface area contributed by atoms with E-state index >= 15 is 0 Å². The maximum Gasteiger partial charge on any atom is 0.231 e. The van der Waals surface area contributed by atoms with Crippen molar-refractivity contribution in [2.24, 2.45) is 0 Å². The Morgan fingerprint density at radius 1 is 1.35 bits per heavy atom. The maximum atomic E-state index is 11.3. The summed E-state index contributed by atoms with van der Waals surface area (Å²) in [6.45, 7) is 1.92. The summed E-state index contributed by atoms with van der Waals surface area (Å²) in [5, 5.41) is 3.15. The number of ether oxygens (including phenoxy) is 2. The van der Waals surface area contributed by atoms with Crippen molar-refractivity contribution in [3.63, 3.8) is 0 Å². The van der Waals surface area contributed by atoms with Gasteiger partial charge in [0.05, 0.1) is 25.6 Å². The third-order valence-electron chi connectivity index (χ3n) is 2.41. The summed E-state index contributed by atoms with van der Waals surface area (Å²) < 4.78 is 10.4. The van der Waals surface area contributed by atoms with E-state index in [1.165, 1.54) is 0 Å². The Hall–Kier alpha value is -1.23. The largest absolute Gasteiger partial charge is 0.493 e. The molecule has 0 aliphatic rings. The molecule has 1 amide bonds. The van der Waals surface area contributed by atoms with Crippen LogP contribution in [-0.4, -0.2) is 25.5 Å². The van der Waals surface area contributed by atoms with Crippen LogP contribution in [0.4, 0.5) is 0 Å². The zero-order valence-electron chi connectivity index (χ0n) is 10.1. The van der Waals surface area contributed by atoms with Gasteiger partial charge in [-0.1, -0.05) is 22.0 Å². The van der Waals surface area contributed by atoms with Crippen molar-refractivity contribution in [2.75, 3.05) is 19.5 Å². The highest BCUT2D eigenvalue weighted by Gasteiger charge is 2.11. The molecule has 1 N–H and O–H groups in total. The third kappa shape index (κ3) is 3.63. The van der Waals surface area contributed by atoms with Gasteiger partial charge in [-0.05, 0) is 24.6 Å². The second-order valence-electron chi connectivity index (χ2n) is 3.54. The lowest BCUT2D eigenvalue weighted by Gasteiger charge is -2.15. The first-order chi connectivity index (χ1) is 8.12. The SMILES string of the molecule is COc1ccc(C(C)NC(=O)CBr)cc1OC. The highest BCUT2D eigenvalue weighted by molar-refractivity contribution is 9.09. The van der Waals surface area contributed by atoms with Crippen LogP contribution < -0.4 is 14.8 Å². The predicted octanol–water partition coefficient (Wildman–Crippen LogP) is 2.28. The average Bonchev–Trinajstić information content (AvgIpc) is 2.37. The quantitative estimate of drug-likeness (QED) is 0.849. The van der Waals surface area contributed by atoms with E-state index < -0.39 is 0 Å². The van der Waals surface area contributed by atoms with E-state index in [9.17, 15) is 4.79 Å². The van der Waals surface area contributed by atoms with E-state index in [-0.39, 0.29) is 11.9 Å². The fourth-order valence-electron chi connectivity index (χ4n) is 1.49. The molecule has 0 bridgehead atoms. The second kappa shape index (κ2) is 6.49. The number of amides is 1. The van der Waals surface area contributed by atoms with Gasteiger partial charge < -0.3 is 14.8 Å². The van der Waals surface area contributed by atoms with Gasteiger partial charge in [-0.25, -0.2) is 0 Å². The minimum absolute atomic E-state index is 0.0488. The van der Waals surface area contributed by atoms with Gasteiger partial charge in [-0.3, -0.25) is 4.79 Å². The monoisotopic (exact) mass is 301 g/mol. The number of alkyl halides is 1. The molecule has 0 aliphatic carbocycles. The Labute approximate surface area is 109 Å². The Morgan fingerprint density at radius 2 is 2.00 bits per heavy atom. The molecule has 0 radical (unpaired) electrons. The van der Waals surface area contributed by atoms with Crippen molar-refractivity contribution in [1.82, 2.24) is 5.32 Å². The van der Waals surface area contributed by atoms with E-state index in [1.54, 1.807) is 14.2 Å². The van der Waals surface area contributed by atoms with E-state index in [1.807, 2.05) is 25.1 Å². The minimum atomic E-state index is -0.0696. The van der Waals surface area contributed by atoms with Gasteiger partial charge in [0, 0.05) is 0 Å². The minimum Gasteiger partial charge on any atom is -0.493 e. The molecular weight excluding hydrogens is 286 g/mol. The summed E-state index contributed by atoms with van der Waals surface area (Å²) in [7, 11) is 3.18. The number of hydrogen-bond acceptors (Lipinski definition) is 3. The first kappa shape index (κ1) is 13.8. The van der Waals surface area contributed by atoms with Crippen LogP contribution in [0.1, 0.15) is 18.5 Å². The summed E-state index contributed by atoms with van der Waals surface area (Å²) in [5.74, 6) is 1.28. The van der Waals surface area contributed by atoms with Crippen LogP contribution in [0.25, 0.3) is 0 Å². The highest BCUT2D eigenvalue weighted by Crippen LogP contribution is 2.29. The number of carbonyl (C=O) groups excluding carboxylic acids is 1. The van der Waals surface area contributed by atoms with Crippen molar-refractivity contribution in [2.45, 2.75) is 13.0 Å². The van der Waals surface area contributed by atoms with Crippen LogP contribution in [0.15, 0.2) is 18.2 Å². The number of benzene rings is 1. The maximum absolute atomic E-state index is 11.3. The van der Waals surface area contributed by atoms with Crippen molar-refractivity contribution >= 4 is 21.8 Å². The van der Waals surface area contributed by atoms with Crippen LogP contribution in [0.2, 0.25) is 0 Å². The molecule has 0 heterocycles. The lowest BCUT2D eigenvalue weighted by atomic mass is 10.1.